The highest BCUT2D eigenvalue weighted by Crippen LogP contribution is 2.19. The Labute approximate surface area is 92.4 Å². The van der Waals surface area contributed by atoms with E-state index in [0.29, 0.717) is 0 Å². The van der Waals surface area contributed by atoms with Gasteiger partial charge >= 0.3 is 6.18 Å². The monoisotopic (exact) mass is 264 g/mol. The molecule has 0 aromatic carbocycles. The van der Waals surface area contributed by atoms with Crippen LogP contribution in [0.15, 0.2) is 0 Å². The Balaban J connectivity index is 4.41. The highest BCUT2D eigenvalue weighted by atomic mass is 32.2. The summed E-state index contributed by atoms with van der Waals surface area (Å²) in [5.74, 6) is 0. The van der Waals surface area contributed by atoms with Crippen molar-refractivity contribution in [2.45, 2.75) is 26.1 Å². The van der Waals surface area contributed by atoms with E-state index < -0.39 is 29.0 Å². The molecule has 0 aliphatic heterocycles. The molecule has 0 spiro atoms. The molecule has 5 nitrogen and oxygen atoms in total. The van der Waals surface area contributed by atoms with Crippen LogP contribution < -0.4 is 4.72 Å². The second kappa shape index (κ2) is 5.80. The summed E-state index contributed by atoms with van der Waals surface area (Å²) >= 11 is 0. The van der Waals surface area contributed by atoms with E-state index in [1.807, 2.05) is 0 Å². The van der Waals surface area contributed by atoms with Crippen LogP contribution in [-0.4, -0.2) is 49.7 Å². The number of rotatable bonds is 6. The number of aliphatic hydroxyl groups excluding tert-OH is 1. The molecule has 0 saturated carbocycles. The van der Waals surface area contributed by atoms with Gasteiger partial charge in [0.15, 0.2) is 6.10 Å². The zero-order valence-electron chi connectivity index (χ0n) is 8.95. The molecule has 1 unspecified atom stereocenters. The average molecular weight is 264 g/mol. The van der Waals surface area contributed by atoms with Crippen LogP contribution in [0, 0.1) is 0 Å². The largest absolute Gasteiger partial charge is 0.415 e. The Morgan fingerprint density at radius 3 is 2.06 bits per heavy atom. The van der Waals surface area contributed by atoms with E-state index >= 15 is 0 Å². The number of hydrogen-bond acceptors (Lipinski definition) is 3. The predicted octanol–water partition coefficient (Wildman–Crippen LogP) is 0.0858. The van der Waals surface area contributed by atoms with E-state index in [0.717, 1.165) is 4.31 Å². The zero-order chi connectivity index (χ0) is 13.0. The minimum atomic E-state index is -4.83. The standard InChI is InChI=1S/C7H15F3N2O3S/c1-3-12(4-2)16(14,15)11-5-6(13)7(8,9)10/h6,11,13H,3-5H2,1-2H3. The highest BCUT2D eigenvalue weighted by Gasteiger charge is 2.38. The lowest BCUT2D eigenvalue weighted by molar-refractivity contribution is -0.200. The second-order valence-corrected chi connectivity index (χ2v) is 4.75. The van der Waals surface area contributed by atoms with E-state index in [-0.39, 0.29) is 13.1 Å². The lowest BCUT2D eigenvalue weighted by Gasteiger charge is -2.21. The topological polar surface area (TPSA) is 69.6 Å². The fourth-order valence-corrected chi connectivity index (χ4v) is 2.19. The van der Waals surface area contributed by atoms with Gasteiger partial charge in [-0.1, -0.05) is 13.8 Å². The molecule has 98 valence electrons. The first-order valence-electron chi connectivity index (χ1n) is 4.64. The number of aliphatic hydroxyl groups is 1. The fourth-order valence-electron chi connectivity index (χ4n) is 0.955. The lowest BCUT2D eigenvalue weighted by atomic mass is 10.4. The van der Waals surface area contributed by atoms with Crippen molar-refractivity contribution in [2.24, 2.45) is 0 Å². The van der Waals surface area contributed by atoms with Gasteiger partial charge < -0.3 is 5.11 Å². The molecule has 0 aromatic rings. The Morgan fingerprint density at radius 2 is 1.75 bits per heavy atom. The van der Waals surface area contributed by atoms with Gasteiger partial charge in [-0.25, -0.2) is 0 Å². The molecule has 0 aromatic heterocycles. The smallest absolute Gasteiger partial charge is 0.382 e. The SMILES string of the molecule is CCN(CC)S(=O)(=O)NCC(O)C(F)(F)F. The van der Waals surface area contributed by atoms with Gasteiger partial charge in [-0.3, -0.25) is 0 Å². The van der Waals surface area contributed by atoms with Crippen LogP contribution in [0.25, 0.3) is 0 Å². The molecule has 0 radical (unpaired) electrons. The van der Waals surface area contributed by atoms with Gasteiger partial charge in [0.2, 0.25) is 0 Å². The lowest BCUT2D eigenvalue weighted by Crippen LogP contribution is -2.46. The molecular formula is C7H15F3N2O3S. The first-order valence-corrected chi connectivity index (χ1v) is 6.08. The van der Waals surface area contributed by atoms with Gasteiger partial charge in [-0.15, -0.1) is 0 Å². The molecule has 0 heterocycles. The third-order valence-corrected chi connectivity index (χ3v) is 3.61. The maximum Gasteiger partial charge on any atom is 0.415 e. The Morgan fingerprint density at radius 1 is 1.31 bits per heavy atom. The van der Waals surface area contributed by atoms with Crippen molar-refractivity contribution in [3.8, 4) is 0 Å². The summed E-state index contributed by atoms with van der Waals surface area (Å²) in [4.78, 5) is 0. The van der Waals surface area contributed by atoms with Gasteiger partial charge in [0, 0.05) is 19.6 Å². The van der Waals surface area contributed by atoms with Crippen molar-refractivity contribution in [3.05, 3.63) is 0 Å². The van der Waals surface area contributed by atoms with Gasteiger partial charge in [0.25, 0.3) is 10.2 Å². The summed E-state index contributed by atoms with van der Waals surface area (Å²) in [5.41, 5.74) is 0. The van der Waals surface area contributed by atoms with Crippen LogP contribution in [0.4, 0.5) is 13.2 Å². The van der Waals surface area contributed by atoms with E-state index in [9.17, 15) is 21.6 Å². The number of hydrogen-bond donors (Lipinski definition) is 2. The van der Waals surface area contributed by atoms with Crippen molar-refractivity contribution in [3.63, 3.8) is 0 Å². The summed E-state index contributed by atoms with van der Waals surface area (Å²) in [6, 6.07) is 0. The summed E-state index contributed by atoms with van der Waals surface area (Å²) in [7, 11) is -3.95. The van der Waals surface area contributed by atoms with Crippen LogP contribution in [0.5, 0.6) is 0 Å². The van der Waals surface area contributed by atoms with Crippen LogP contribution in [-0.2, 0) is 10.2 Å². The molecule has 0 aliphatic carbocycles. The summed E-state index contributed by atoms with van der Waals surface area (Å²) in [6.07, 6.45) is -7.52. The van der Waals surface area contributed by atoms with Crippen molar-refractivity contribution in [1.29, 1.82) is 0 Å². The van der Waals surface area contributed by atoms with Crippen molar-refractivity contribution >= 4 is 10.2 Å². The van der Waals surface area contributed by atoms with E-state index in [1.165, 1.54) is 0 Å². The van der Waals surface area contributed by atoms with Crippen LogP contribution in [0.2, 0.25) is 0 Å². The molecule has 16 heavy (non-hydrogen) atoms. The number of halogens is 3. The molecule has 0 bridgehead atoms. The minimum absolute atomic E-state index is 0.147. The first kappa shape index (κ1) is 15.6. The molecule has 0 aliphatic rings. The van der Waals surface area contributed by atoms with Gasteiger partial charge in [0.1, 0.15) is 0 Å². The fraction of sp³-hybridized carbons (Fsp3) is 1.00. The van der Waals surface area contributed by atoms with Crippen LogP contribution in [0.1, 0.15) is 13.8 Å². The zero-order valence-corrected chi connectivity index (χ0v) is 9.77. The Hall–Kier alpha value is -0.380. The molecule has 0 saturated heterocycles. The third-order valence-electron chi connectivity index (χ3n) is 1.88. The molecule has 0 amide bonds. The Bertz CT molecular complexity index is 300. The maximum atomic E-state index is 11.9. The molecule has 9 heteroatoms. The number of nitrogens with zero attached hydrogens (tertiary/aromatic N) is 1. The van der Waals surface area contributed by atoms with Gasteiger partial charge in [-0.2, -0.15) is 30.6 Å². The van der Waals surface area contributed by atoms with E-state index in [2.05, 4.69) is 0 Å². The van der Waals surface area contributed by atoms with Crippen molar-refractivity contribution in [1.82, 2.24) is 9.03 Å². The maximum absolute atomic E-state index is 11.9. The number of nitrogens with one attached hydrogen (secondary N) is 1. The van der Waals surface area contributed by atoms with Gasteiger partial charge in [0.05, 0.1) is 0 Å². The molecule has 0 fully saturated rings. The predicted molar refractivity (Wildman–Crippen MR) is 51.9 cm³/mol. The summed E-state index contributed by atoms with van der Waals surface area (Å²) in [6.45, 7) is 2.33. The summed E-state index contributed by atoms with van der Waals surface area (Å²) < 4.78 is 61.0. The van der Waals surface area contributed by atoms with Crippen LogP contribution in [0.3, 0.4) is 0 Å². The first-order chi connectivity index (χ1) is 7.15. The van der Waals surface area contributed by atoms with Gasteiger partial charge in [-0.05, 0) is 0 Å². The van der Waals surface area contributed by atoms with Crippen molar-refractivity contribution < 1.29 is 26.7 Å². The quantitative estimate of drug-likeness (QED) is 0.714. The second-order valence-electron chi connectivity index (χ2n) is 3.00. The highest BCUT2D eigenvalue weighted by molar-refractivity contribution is 7.87. The molecule has 0 rings (SSSR count). The normalized spacial score (nSPS) is 15.4. The third kappa shape index (κ3) is 4.64. The average Bonchev–Trinajstić information content (AvgIpc) is 2.14. The number of alkyl halides is 3. The summed E-state index contributed by atoms with van der Waals surface area (Å²) in [5, 5.41) is 8.61. The molecule has 1 atom stereocenters. The minimum Gasteiger partial charge on any atom is -0.382 e. The Kier molecular flexibility index (Phi) is 5.66. The van der Waals surface area contributed by atoms with E-state index in [4.69, 9.17) is 5.11 Å². The molecule has 2 N–H and O–H groups in total. The van der Waals surface area contributed by atoms with Crippen molar-refractivity contribution in [2.75, 3.05) is 19.6 Å². The van der Waals surface area contributed by atoms with E-state index in [1.54, 1.807) is 18.6 Å². The molecular weight excluding hydrogens is 249 g/mol. The van der Waals surface area contributed by atoms with Crippen LogP contribution >= 0.6 is 0 Å².